The second-order valence-electron chi connectivity index (χ2n) is 4.91. The van der Waals surface area contributed by atoms with Crippen LogP contribution in [0.15, 0.2) is 24.3 Å². The normalized spacial score (nSPS) is 25.2. The highest BCUT2D eigenvalue weighted by molar-refractivity contribution is 5.88. The Balaban J connectivity index is 2.26. The highest BCUT2D eigenvalue weighted by Crippen LogP contribution is 2.27. The number of hydroxylamine groups is 1. The number of hydrogen-bond acceptors (Lipinski definition) is 2. The molecule has 0 bridgehead atoms. The van der Waals surface area contributed by atoms with Crippen molar-refractivity contribution in [1.82, 2.24) is 0 Å². The van der Waals surface area contributed by atoms with E-state index in [9.17, 15) is 14.4 Å². The number of carbonyl (C=O) groups is 1. The predicted octanol–water partition coefficient (Wildman–Crippen LogP) is 2.66. The number of hydrogen-bond donors (Lipinski definition) is 0. The third kappa shape index (κ3) is 2.42. The van der Waals surface area contributed by atoms with Crippen molar-refractivity contribution in [2.45, 2.75) is 38.1 Å². The van der Waals surface area contributed by atoms with Crippen LogP contribution in [0.25, 0.3) is 0 Å². The van der Waals surface area contributed by atoms with E-state index in [2.05, 4.69) is 0 Å². The maximum absolute atomic E-state index is 12.8. The molecule has 1 atom stereocenters. The number of rotatable bonds is 2. The van der Waals surface area contributed by atoms with Crippen LogP contribution in [-0.4, -0.2) is 22.3 Å². The van der Waals surface area contributed by atoms with E-state index in [-0.39, 0.29) is 11.6 Å². The van der Waals surface area contributed by atoms with E-state index in [1.54, 1.807) is 6.92 Å². The topological polar surface area (TPSA) is 43.1 Å². The van der Waals surface area contributed by atoms with Crippen LogP contribution in [0.1, 0.15) is 38.2 Å². The summed E-state index contributed by atoms with van der Waals surface area (Å²) < 4.78 is 13.5. The molecule has 18 heavy (non-hydrogen) atoms. The van der Waals surface area contributed by atoms with Gasteiger partial charge in [-0.1, -0.05) is 0 Å². The number of Topliss-reactive ketones (excluding diaryl/α,β-unsaturated/α-hetero) is 1. The molecule has 0 unspecified atom stereocenters. The average molecular weight is 249 g/mol. The Hall–Kier alpha value is -1.71. The first-order chi connectivity index (χ1) is 8.52. The van der Waals surface area contributed by atoms with E-state index in [1.165, 1.54) is 30.5 Å². The van der Waals surface area contributed by atoms with Gasteiger partial charge in [-0.2, -0.15) is 4.74 Å². The first kappa shape index (κ1) is 12.7. The van der Waals surface area contributed by atoms with Crippen LogP contribution in [0.3, 0.4) is 0 Å². The second kappa shape index (κ2) is 4.88. The molecule has 0 aliphatic heterocycles. The first-order valence-electron chi connectivity index (χ1n) is 6.12. The number of halogens is 1. The summed E-state index contributed by atoms with van der Waals surface area (Å²) in [6.07, 6.45) is 4.15. The van der Waals surface area contributed by atoms with Gasteiger partial charge in [0.1, 0.15) is 5.82 Å². The summed E-state index contributed by atoms with van der Waals surface area (Å²) in [5.74, 6) is -0.355. The Bertz CT molecular complexity index is 481. The Morgan fingerprint density at radius 2 is 2.00 bits per heavy atom. The fourth-order valence-electron chi connectivity index (χ4n) is 2.22. The second-order valence-corrected chi connectivity index (χ2v) is 4.91. The van der Waals surface area contributed by atoms with E-state index in [0.717, 1.165) is 17.6 Å². The molecule has 1 fully saturated rings. The van der Waals surface area contributed by atoms with E-state index < -0.39 is 5.54 Å². The summed E-state index contributed by atoms with van der Waals surface area (Å²) in [5, 5.41) is 12.1. The molecule has 0 N–H and O–H groups in total. The predicted molar refractivity (Wildman–Crippen MR) is 67.1 cm³/mol. The van der Waals surface area contributed by atoms with Crippen molar-refractivity contribution < 1.29 is 13.9 Å². The van der Waals surface area contributed by atoms with E-state index >= 15 is 0 Å². The monoisotopic (exact) mass is 249 g/mol. The molecule has 1 aromatic rings. The number of ketones is 1. The molecule has 0 spiro atoms. The molecule has 0 saturated heterocycles. The summed E-state index contributed by atoms with van der Waals surface area (Å²) in [6.45, 7) is 1.68. The van der Waals surface area contributed by atoms with Crippen molar-refractivity contribution in [3.05, 3.63) is 40.9 Å². The van der Waals surface area contributed by atoms with Gasteiger partial charge in [-0.25, -0.2) is 4.39 Å². The Labute approximate surface area is 106 Å². The molecule has 3 nitrogen and oxygen atoms in total. The zero-order chi connectivity index (χ0) is 13.2. The summed E-state index contributed by atoms with van der Waals surface area (Å²) >= 11 is 0. The van der Waals surface area contributed by atoms with Gasteiger partial charge >= 0.3 is 0 Å². The van der Waals surface area contributed by atoms with Crippen molar-refractivity contribution in [3.63, 3.8) is 0 Å². The van der Waals surface area contributed by atoms with Gasteiger partial charge in [-0.15, -0.1) is 0 Å². The zero-order valence-electron chi connectivity index (χ0n) is 10.4. The van der Waals surface area contributed by atoms with Gasteiger partial charge < -0.3 is 5.21 Å². The SMILES string of the molecule is C[C@@]1(/[N+]([O-])=C/c2ccc(F)cc2)CCCCC1=O. The largest absolute Gasteiger partial charge is 0.623 e. The molecule has 0 amide bonds. The molecule has 0 heterocycles. The highest BCUT2D eigenvalue weighted by Gasteiger charge is 2.42. The highest BCUT2D eigenvalue weighted by atomic mass is 19.1. The standard InChI is InChI=1S/C14H16FNO2/c1-14(9-3-2-4-13(14)17)16(18)10-11-5-7-12(15)8-6-11/h5-8,10H,2-4,9H2,1H3/b16-10-/t14-/m1/s1. The third-order valence-electron chi connectivity index (χ3n) is 3.54. The smallest absolute Gasteiger partial charge is 0.227 e. The minimum atomic E-state index is -0.966. The lowest BCUT2D eigenvalue weighted by molar-refractivity contribution is -0.525. The van der Waals surface area contributed by atoms with Crippen LogP contribution in [0.2, 0.25) is 0 Å². The number of nitrogens with zero attached hydrogens (tertiary/aromatic N) is 1. The molecule has 1 aliphatic carbocycles. The zero-order valence-corrected chi connectivity index (χ0v) is 10.4. The molecule has 4 heteroatoms. The molecule has 1 aromatic carbocycles. The quantitative estimate of drug-likeness (QED) is 0.350. The Morgan fingerprint density at radius 3 is 2.61 bits per heavy atom. The van der Waals surface area contributed by atoms with Gasteiger partial charge in [0.25, 0.3) is 0 Å². The van der Waals surface area contributed by atoms with Gasteiger partial charge in [0.15, 0.2) is 6.21 Å². The summed E-state index contributed by atoms with van der Waals surface area (Å²) in [7, 11) is 0. The summed E-state index contributed by atoms with van der Waals surface area (Å²) in [5.41, 5.74) is -0.363. The van der Waals surface area contributed by atoms with Crippen molar-refractivity contribution >= 4 is 12.0 Å². The van der Waals surface area contributed by atoms with Crippen LogP contribution in [0.5, 0.6) is 0 Å². The lowest BCUT2D eigenvalue weighted by Gasteiger charge is -2.30. The van der Waals surface area contributed by atoms with Crippen LogP contribution in [0.4, 0.5) is 4.39 Å². The van der Waals surface area contributed by atoms with Gasteiger partial charge in [-0.05, 0) is 37.1 Å². The van der Waals surface area contributed by atoms with Gasteiger partial charge in [0.05, 0.1) is 0 Å². The molecular weight excluding hydrogens is 233 g/mol. The summed E-state index contributed by atoms with van der Waals surface area (Å²) in [6, 6.07) is 5.64. The lowest BCUT2D eigenvalue weighted by Crippen LogP contribution is -2.46. The first-order valence-corrected chi connectivity index (χ1v) is 6.12. The van der Waals surface area contributed by atoms with E-state index in [4.69, 9.17) is 0 Å². The van der Waals surface area contributed by atoms with Crippen LogP contribution in [0, 0.1) is 11.0 Å². The number of carbonyl (C=O) groups excluding carboxylic acids is 1. The molecular formula is C14H16FNO2. The Kier molecular flexibility index (Phi) is 3.45. The minimum absolute atomic E-state index is 0.0119. The van der Waals surface area contributed by atoms with Crippen molar-refractivity contribution in [2.24, 2.45) is 0 Å². The fraction of sp³-hybridized carbons (Fsp3) is 0.429. The molecule has 1 aliphatic rings. The van der Waals surface area contributed by atoms with Crippen molar-refractivity contribution in [1.29, 1.82) is 0 Å². The molecule has 96 valence electrons. The maximum Gasteiger partial charge on any atom is 0.227 e. The molecule has 0 radical (unpaired) electrons. The van der Waals surface area contributed by atoms with Crippen LogP contribution < -0.4 is 0 Å². The van der Waals surface area contributed by atoms with Crippen molar-refractivity contribution in [2.75, 3.05) is 0 Å². The summed E-state index contributed by atoms with van der Waals surface area (Å²) in [4.78, 5) is 11.9. The van der Waals surface area contributed by atoms with E-state index in [0.29, 0.717) is 18.4 Å². The lowest BCUT2D eigenvalue weighted by atomic mass is 9.82. The van der Waals surface area contributed by atoms with Gasteiger partial charge in [-0.3, -0.25) is 4.79 Å². The fourth-order valence-corrected chi connectivity index (χ4v) is 2.22. The van der Waals surface area contributed by atoms with E-state index in [1.807, 2.05) is 0 Å². The third-order valence-corrected chi connectivity index (χ3v) is 3.54. The average Bonchev–Trinajstić information content (AvgIpc) is 2.36. The van der Waals surface area contributed by atoms with Crippen molar-refractivity contribution in [3.8, 4) is 0 Å². The van der Waals surface area contributed by atoms with Crippen LogP contribution in [-0.2, 0) is 4.79 Å². The van der Waals surface area contributed by atoms with Gasteiger partial charge in [0, 0.05) is 25.3 Å². The maximum atomic E-state index is 12.8. The van der Waals surface area contributed by atoms with Crippen LogP contribution >= 0.6 is 0 Å². The van der Waals surface area contributed by atoms with Gasteiger partial charge in [0.2, 0.25) is 11.3 Å². The minimum Gasteiger partial charge on any atom is -0.623 e. The number of benzene rings is 1. The molecule has 2 rings (SSSR count). The molecule has 1 saturated carbocycles. The Morgan fingerprint density at radius 1 is 1.33 bits per heavy atom. The molecule has 0 aromatic heterocycles.